The maximum Gasteiger partial charge on any atom is 0.287 e. The van der Waals surface area contributed by atoms with E-state index in [0.29, 0.717) is 33.9 Å². The van der Waals surface area contributed by atoms with E-state index in [2.05, 4.69) is 5.32 Å². The molecule has 1 fully saturated rings. The van der Waals surface area contributed by atoms with Gasteiger partial charge in [-0.2, -0.15) is 0 Å². The highest BCUT2D eigenvalue weighted by atomic mass is 32.1. The zero-order valence-corrected chi connectivity index (χ0v) is 20.6. The molecule has 1 N–H and O–H groups in total. The number of para-hydroxylation sites is 1. The first-order valence-corrected chi connectivity index (χ1v) is 12.3. The van der Waals surface area contributed by atoms with E-state index in [-0.39, 0.29) is 16.4 Å². The second kappa shape index (κ2) is 10.1. The van der Waals surface area contributed by atoms with Crippen molar-refractivity contribution in [3.8, 4) is 22.6 Å². The molecular formula is C27H17N3O5S2. The number of rotatable bonds is 6. The average molecular weight is 528 g/mol. The van der Waals surface area contributed by atoms with Crippen LogP contribution in [0.4, 0.5) is 11.4 Å². The lowest BCUT2D eigenvalue weighted by Crippen LogP contribution is -2.54. The predicted octanol–water partition coefficient (Wildman–Crippen LogP) is 5.95. The van der Waals surface area contributed by atoms with Crippen LogP contribution in [0.5, 0.6) is 11.5 Å². The molecule has 4 aromatic rings. The van der Waals surface area contributed by atoms with E-state index in [9.17, 15) is 19.7 Å². The van der Waals surface area contributed by atoms with E-state index in [4.69, 9.17) is 17.0 Å². The second-order valence-corrected chi connectivity index (χ2v) is 9.01. The second-order valence-electron chi connectivity index (χ2n) is 7.88. The summed E-state index contributed by atoms with van der Waals surface area (Å²) in [7, 11) is 0. The van der Waals surface area contributed by atoms with Crippen LogP contribution in [-0.4, -0.2) is 21.9 Å². The number of hydrogen-bond donors (Lipinski definition) is 1. The van der Waals surface area contributed by atoms with E-state index in [1.54, 1.807) is 53.9 Å². The summed E-state index contributed by atoms with van der Waals surface area (Å²) in [6.45, 7) is 0. The number of carbonyl (C=O) groups is 2. The van der Waals surface area contributed by atoms with Crippen LogP contribution < -0.4 is 15.0 Å². The summed E-state index contributed by atoms with van der Waals surface area (Å²) in [5.41, 5.74) is 1.68. The van der Waals surface area contributed by atoms with Gasteiger partial charge in [0.2, 0.25) is 0 Å². The third-order valence-electron chi connectivity index (χ3n) is 5.56. The number of ether oxygens (including phenoxy) is 1. The van der Waals surface area contributed by atoms with Gasteiger partial charge in [0.05, 0.1) is 21.6 Å². The number of benzene rings is 3. The van der Waals surface area contributed by atoms with Gasteiger partial charge in [-0.25, -0.2) is 0 Å². The van der Waals surface area contributed by atoms with Crippen molar-refractivity contribution in [2.75, 3.05) is 4.90 Å². The van der Waals surface area contributed by atoms with E-state index in [1.807, 2.05) is 30.3 Å². The Hall–Kier alpha value is -4.67. The highest BCUT2D eigenvalue weighted by Crippen LogP contribution is 2.36. The van der Waals surface area contributed by atoms with Crippen molar-refractivity contribution >= 4 is 57.9 Å². The molecule has 0 spiro atoms. The van der Waals surface area contributed by atoms with E-state index in [1.165, 1.54) is 27.7 Å². The van der Waals surface area contributed by atoms with Crippen molar-refractivity contribution in [1.29, 1.82) is 0 Å². The fourth-order valence-electron chi connectivity index (χ4n) is 3.84. The van der Waals surface area contributed by atoms with Crippen molar-refractivity contribution in [3.05, 3.63) is 111 Å². The Labute approximate surface area is 220 Å². The van der Waals surface area contributed by atoms with Crippen LogP contribution in [-0.2, 0) is 9.59 Å². The van der Waals surface area contributed by atoms with Crippen LogP contribution in [0.2, 0.25) is 0 Å². The zero-order chi connectivity index (χ0) is 25.9. The van der Waals surface area contributed by atoms with Crippen LogP contribution >= 0.6 is 23.6 Å². The minimum atomic E-state index is -0.648. The molecule has 182 valence electrons. The maximum atomic E-state index is 13.5. The Morgan fingerprint density at radius 3 is 2.30 bits per heavy atom. The molecule has 2 heterocycles. The van der Waals surface area contributed by atoms with Gasteiger partial charge in [0.25, 0.3) is 17.5 Å². The number of nitrogens with one attached hydrogen (secondary N) is 1. The topological polar surface area (TPSA) is 102 Å². The summed E-state index contributed by atoms with van der Waals surface area (Å²) >= 11 is 6.50. The Morgan fingerprint density at radius 2 is 1.57 bits per heavy atom. The smallest absolute Gasteiger partial charge is 0.287 e. The molecule has 5 rings (SSSR count). The molecule has 37 heavy (non-hydrogen) atoms. The summed E-state index contributed by atoms with van der Waals surface area (Å²) in [5.74, 6) is -0.0248. The van der Waals surface area contributed by atoms with Crippen LogP contribution in [0.15, 0.2) is 95.2 Å². The number of nitro groups is 1. The monoisotopic (exact) mass is 527 g/mol. The first kappa shape index (κ1) is 24.0. The molecule has 0 radical (unpaired) electrons. The summed E-state index contributed by atoms with van der Waals surface area (Å²) in [4.78, 5) is 38.5. The van der Waals surface area contributed by atoms with Crippen LogP contribution in [0.3, 0.4) is 0 Å². The first-order valence-electron chi connectivity index (χ1n) is 11.0. The highest BCUT2D eigenvalue weighted by Gasteiger charge is 2.34. The molecule has 0 bridgehead atoms. The molecule has 2 amide bonds. The Morgan fingerprint density at radius 1 is 0.892 bits per heavy atom. The van der Waals surface area contributed by atoms with Gasteiger partial charge in [0.1, 0.15) is 17.1 Å². The molecule has 3 aromatic carbocycles. The molecule has 8 nitrogen and oxygen atoms in total. The summed E-state index contributed by atoms with van der Waals surface area (Å²) < 4.78 is 5.80. The number of hydrogen-bond acceptors (Lipinski definition) is 7. The molecule has 0 saturated carbocycles. The van der Waals surface area contributed by atoms with Gasteiger partial charge in [-0.3, -0.25) is 29.9 Å². The van der Waals surface area contributed by atoms with Gasteiger partial charge in [-0.05, 0) is 65.8 Å². The quantitative estimate of drug-likeness (QED) is 0.109. The first-order chi connectivity index (χ1) is 17.9. The van der Waals surface area contributed by atoms with Crippen LogP contribution in [0.25, 0.3) is 17.2 Å². The Bertz CT molecular complexity index is 1560. The minimum absolute atomic E-state index is 0.0455. The lowest BCUT2D eigenvalue weighted by molar-refractivity contribution is -0.383. The largest absolute Gasteiger partial charge is 0.457 e. The zero-order valence-electron chi connectivity index (χ0n) is 19.0. The molecular weight excluding hydrogens is 510 g/mol. The Kier molecular flexibility index (Phi) is 6.59. The number of thiophene rings is 1. The van der Waals surface area contributed by atoms with Gasteiger partial charge in [0.15, 0.2) is 5.11 Å². The summed E-state index contributed by atoms with van der Waals surface area (Å²) in [6.07, 6.45) is 1.43. The molecule has 1 aliphatic heterocycles. The summed E-state index contributed by atoms with van der Waals surface area (Å²) in [5, 5.41) is 17.1. The molecule has 0 aliphatic carbocycles. The normalized spacial score (nSPS) is 14.5. The SMILES string of the molecule is O=C1NC(=S)N(c2ccc(Oc3ccccc3)cc2)C(=O)/C1=C/c1ccccc1-c1cscc1[N+](=O)[O-]. The number of amides is 2. The van der Waals surface area contributed by atoms with Gasteiger partial charge < -0.3 is 4.74 Å². The van der Waals surface area contributed by atoms with Crippen LogP contribution in [0.1, 0.15) is 5.56 Å². The van der Waals surface area contributed by atoms with E-state index in [0.717, 1.165) is 0 Å². The van der Waals surface area contributed by atoms with Gasteiger partial charge in [0, 0.05) is 5.38 Å². The molecule has 1 saturated heterocycles. The molecule has 1 aliphatic rings. The molecule has 1 aromatic heterocycles. The van der Waals surface area contributed by atoms with Crippen molar-refractivity contribution in [2.45, 2.75) is 0 Å². The van der Waals surface area contributed by atoms with Crippen LogP contribution in [0, 0.1) is 10.1 Å². The van der Waals surface area contributed by atoms with Crippen molar-refractivity contribution in [2.24, 2.45) is 0 Å². The number of carbonyl (C=O) groups excluding carboxylic acids is 2. The third kappa shape index (κ3) is 4.88. The minimum Gasteiger partial charge on any atom is -0.457 e. The highest BCUT2D eigenvalue weighted by molar-refractivity contribution is 7.80. The molecule has 10 heteroatoms. The number of anilines is 1. The lowest BCUT2D eigenvalue weighted by atomic mass is 9.98. The number of thiocarbonyl (C=S) groups is 1. The van der Waals surface area contributed by atoms with Crippen molar-refractivity contribution in [1.82, 2.24) is 5.32 Å². The molecule has 0 atom stereocenters. The van der Waals surface area contributed by atoms with Crippen molar-refractivity contribution in [3.63, 3.8) is 0 Å². The maximum absolute atomic E-state index is 13.5. The van der Waals surface area contributed by atoms with E-state index < -0.39 is 16.7 Å². The van der Waals surface area contributed by atoms with Gasteiger partial charge in [-0.15, -0.1) is 11.3 Å². The molecule has 0 unspecified atom stereocenters. The van der Waals surface area contributed by atoms with E-state index >= 15 is 0 Å². The Balaban J connectivity index is 1.47. The van der Waals surface area contributed by atoms with Gasteiger partial charge >= 0.3 is 0 Å². The van der Waals surface area contributed by atoms with Crippen molar-refractivity contribution < 1.29 is 19.2 Å². The fourth-order valence-corrected chi connectivity index (χ4v) is 4.91. The van der Waals surface area contributed by atoms with Gasteiger partial charge in [-0.1, -0.05) is 42.5 Å². The average Bonchev–Trinajstić information content (AvgIpc) is 3.39. The summed E-state index contributed by atoms with van der Waals surface area (Å²) in [6, 6.07) is 22.9. The number of nitrogens with zero attached hydrogens (tertiary/aromatic N) is 2. The standard InChI is InChI=1S/C27H17N3O5S2/c31-25-22(14-17-6-4-5-9-21(17)23-15-37-16-24(23)30(33)34)26(32)29(27(36)28-25)18-10-12-20(13-11-18)35-19-7-2-1-3-8-19/h1-16H,(H,28,31,36)/b22-14+. The fraction of sp³-hybridized carbons (Fsp3) is 0. The predicted molar refractivity (Wildman–Crippen MR) is 146 cm³/mol. The lowest BCUT2D eigenvalue weighted by Gasteiger charge is -2.29. The third-order valence-corrected chi connectivity index (χ3v) is 6.58.